The molecule has 1 heterocycles. The smallest absolute Gasteiger partial charge is 0.384 e. The van der Waals surface area contributed by atoms with E-state index >= 15 is 0 Å². The van der Waals surface area contributed by atoms with E-state index in [0.717, 1.165) is 12.1 Å². The van der Waals surface area contributed by atoms with Gasteiger partial charge in [-0.05, 0) is 24.6 Å². The molecule has 0 aliphatic carbocycles. The van der Waals surface area contributed by atoms with Crippen LogP contribution in [0.15, 0.2) is 35.5 Å². The Labute approximate surface area is 129 Å². The molecule has 0 aliphatic heterocycles. The number of alkyl halides is 3. The van der Waals surface area contributed by atoms with Crippen molar-refractivity contribution >= 4 is 15.5 Å². The standard InChI is InChI=1S/C12H12F4N4O2S/c13-9-2-3-10(11(8-9)23(21,22)12(14,15)16)17-4-1-6-20-7-5-18-19-20/h2-3,5,7-8,17H,1,4,6H2. The fourth-order valence-electron chi connectivity index (χ4n) is 1.81. The van der Waals surface area contributed by atoms with Crippen LogP contribution >= 0.6 is 0 Å². The third-order valence-electron chi connectivity index (χ3n) is 2.89. The number of nitrogens with one attached hydrogen (secondary N) is 1. The van der Waals surface area contributed by atoms with Crippen LogP contribution in [-0.4, -0.2) is 35.5 Å². The molecule has 0 bridgehead atoms. The summed E-state index contributed by atoms with van der Waals surface area (Å²) in [5.74, 6) is -1.07. The molecule has 0 fully saturated rings. The molecule has 1 aromatic carbocycles. The Bertz CT molecular complexity index is 760. The molecule has 0 saturated carbocycles. The third kappa shape index (κ3) is 3.97. The van der Waals surface area contributed by atoms with E-state index in [2.05, 4.69) is 15.6 Å². The van der Waals surface area contributed by atoms with Crippen molar-refractivity contribution in [1.29, 1.82) is 0 Å². The molecular formula is C12H12F4N4O2S. The second kappa shape index (κ2) is 6.52. The first-order chi connectivity index (χ1) is 10.7. The molecule has 126 valence electrons. The van der Waals surface area contributed by atoms with Crippen molar-refractivity contribution in [3.8, 4) is 0 Å². The van der Waals surface area contributed by atoms with Gasteiger partial charge in [0.05, 0.1) is 11.9 Å². The SMILES string of the molecule is O=S(=O)(c1cc(F)ccc1NCCCn1ccnn1)C(F)(F)F. The summed E-state index contributed by atoms with van der Waals surface area (Å²) in [6.07, 6.45) is 3.53. The first kappa shape index (κ1) is 17.2. The minimum Gasteiger partial charge on any atom is -0.384 e. The molecule has 11 heteroatoms. The van der Waals surface area contributed by atoms with Gasteiger partial charge >= 0.3 is 5.51 Å². The van der Waals surface area contributed by atoms with Crippen LogP contribution in [0.5, 0.6) is 0 Å². The fraction of sp³-hybridized carbons (Fsp3) is 0.333. The van der Waals surface area contributed by atoms with Gasteiger partial charge in [-0.2, -0.15) is 13.2 Å². The average molecular weight is 352 g/mol. The number of sulfone groups is 1. The van der Waals surface area contributed by atoms with Crippen LogP contribution in [0.4, 0.5) is 23.2 Å². The van der Waals surface area contributed by atoms with E-state index in [1.807, 2.05) is 0 Å². The number of aromatic nitrogens is 3. The van der Waals surface area contributed by atoms with Gasteiger partial charge in [0.2, 0.25) is 0 Å². The van der Waals surface area contributed by atoms with Gasteiger partial charge in [-0.25, -0.2) is 12.8 Å². The largest absolute Gasteiger partial charge is 0.501 e. The number of hydrogen-bond acceptors (Lipinski definition) is 5. The second-order valence-corrected chi connectivity index (χ2v) is 6.45. The lowest BCUT2D eigenvalue weighted by molar-refractivity contribution is -0.0435. The molecule has 6 nitrogen and oxygen atoms in total. The van der Waals surface area contributed by atoms with Gasteiger partial charge in [-0.1, -0.05) is 5.21 Å². The van der Waals surface area contributed by atoms with Crippen LogP contribution in [0, 0.1) is 5.82 Å². The highest BCUT2D eigenvalue weighted by molar-refractivity contribution is 7.92. The Hall–Kier alpha value is -2.17. The zero-order valence-electron chi connectivity index (χ0n) is 11.6. The van der Waals surface area contributed by atoms with Gasteiger partial charge in [-0.3, -0.25) is 4.68 Å². The van der Waals surface area contributed by atoms with Crippen LogP contribution in [0.1, 0.15) is 6.42 Å². The summed E-state index contributed by atoms with van der Waals surface area (Å²) in [6, 6.07) is 2.20. The highest BCUT2D eigenvalue weighted by Crippen LogP contribution is 2.34. The van der Waals surface area contributed by atoms with Crippen molar-refractivity contribution in [3.63, 3.8) is 0 Å². The van der Waals surface area contributed by atoms with Crippen molar-refractivity contribution in [2.45, 2.75) is 23.4 Å². The van der Waals surface area contributed by atoms with Crippen molar-refractivity contribution in [2.75, 3.05) is 11.9 Å². The number of benzene rings is 1. The molecule has 2 rings (SSSR count). The average Bonchev–Trinajstić information content (AvgIpc) is 2.96. The number of nitrogens with zero attached hydrogens (tertiary/aromatic N) is 3. The predicted molar refractivity (Wildman–Crippen MR) is 72.8 cm³/mol. The molecule has 0 spiro atoms. The number of anilines is 1. The van der Waals surface area contributed by atoms with Crippen LogP contribution in [0.3, 0.4) is 0 Å². The first-order valence-electron chi connectivity index (χ1n) is 6.41. The minimum atomic E-state index is -5.64. The molecule has 0 saturated heterocycles. The lowest BCUT2D eigenvalue weighted by Crippen LogP contribution is -2.24. The van der Waals surface area contributed by atoms with Gasteiger partial charge in [0.1, 0.15) is 10.7 Å². The Balaban J connectivity index is 2.13. The Morgan fingerprint density at radius 2 is 2.00 bits per heavy atom. The number of hydrogen-bond donors (Lipinski definition) is 1. The van der Waals surface area contributed by atoms with Crippen LogP contribution in [-0.2, 0) is 16.4 Å². The van der Waals surface area contributed by atoms with Gasteiger partial charge in [-0.15, -0.1) is 5.10 Å². The molecule has 1 N–H and O–H groups in total. The Morgan fingerprint density at radius 3 is 2.61 bits per heavy atom. The summed E-state index contributed by atoms with van der Waals surface area (Å²) < 4.78 is 75.6. The van der Waals surface area contributed by atoms with Crippen LogP contribution in [0.2, 0.25) is 0 Å². The van der Waals surface area contributed by atoms with Crippen molar-refractivity contribution < 1.29 is 26.0 Å². The monoisotopic (exact) mass is 352 g/mol. The molecule has 2 aromatic rings. The number of rotatable bonds is 6. The summed E-state index contributed by atoms with van der Waals surface area (Å²) in [5, 5.41) is 9.87. The van der Waals surface area contributed by atoms with Crippen LogP contribution in [0.25, 0.3) is 0 Å². The van der Waals surface area contributed by atoms with E-state index in [0.29, 0.717) is 19.0 Å². The second-order valence-electron chi connectivity index (χ2n) is 4.54. The van der Waals surface area contributed by atoms with Crippen molar-refractivity contribution in [3.05, 3.63) is 36.4 Å². The zero-order chi connectivity index (χ0) is 17.1. The molecule has 0 aliphatic rings. The number of halogens is 4. The molecule has 0 radical (unpaired) electrons. The minimum absolute atomic E-state index is 0.172. The molecule has 0 amide bonds. The van der Waals surface area contributed by atoms with Gasteiger partial charge in [0.25, 0.3) is 9.84 Å². The Morgan fingerprint density at radius 1 is 1.26 bits per heavy atom. The predicted octanol–water partition coefficient (Wildman–Crippen LogP) is 2.21. The maximum Gasteiger partial charge on any atom is 0.501 e. The van der Waals surface area contributed by atoms with Gasteiger partial charge < -0.3 is 5.32 Å². The number of aryl methyl sites for hydroxylation is 1. The highest BCUT2D eigenvalue weighted by atomic mass is 32.2. The van der Waals surface area contributed by atoms with E-state index in [4.69, 9.17) is 0 Å². The van der Waals surface area contributed by atoms with Gasteiger partial charge in [0.15, 0.2) is 0 Å². The lowest BCUT2D eigenvalue weighted by Gasteiger charge is -2.14. The summed E-state index contributed by atoms with van der Waals surface area (Å²) in [4.78, 5) is -1.13. The molecule has 0 unspecified atom stereocenters. The molecular weight excluding hydrogens is 340 g/mol. The summed E-state index contributed by atoms with van der Waals surface area (Å²) >= 11 is 0. The first-order valence-corrected chi connectivity index (χ1v) is 7.89. The summed E-state index contributed by atoms with van der Waals surface area (Å²) in [5.41, 5.74) is -5.81. The van der Waals surface area contributed by atoms with E-state index in [1.54, 1.807) is 6.20 Å². The highest BCUT2D eigenvalue weighted by Gasteiger charge is 2.48. The molecule has 23 heavy (non-hydrogen) atoms. The summed E-state index contributed by atoms with van der Waals surface area (Å²) in [7, 11) is -5.64. The van der Waals surface area contributed by atoms with E-state index in [-0.39, 0.29) is 12.2 Å². The maximum absolute atomic E-state index is 13.2. The lowest BCUT2D eigenvalue weighted by atomic mass is 10.3. The summed E-state index contributed by atoms with van der Waals surface area (Å²) in [6.45, 7) is 0.613. The van der Waals surface area contributed by atoms with E-state index < -0.39 is 26.1 Å². The van der Waals surface area contributed by atoms with Crippen molar-refractivity contribution in [2.24, 2.45) is 0 Å². The molecule has 0 atom stereocenters. The maximum atomic E-state index is 13.2. The molecule has 1 aromatic heterocycles. The van der Waals surface area contributed by atoms with E-state index in [9.17, 15) is 26.0 Å². The van der Waals surface area contributed by atoms with Gasteiger partial charge in [0, 0.05) is 19.3 Å². The quantitative estimate of drug-likeness (QED) is 0.637. The normalized spacial score (nSPS) is 12.3. The topological polar surface area (TPSA) is 76.9 Å². The fourth-order valence-corrected chi connectivity index (χ4v) is 2.75. The van der Waals surface area contributed by atoms with Crippen LogP contribution < -0.4 is 5.32 Å². The third-order valence-corrected chi connectivity index (χ3v) is 4.42. The van der Waals surface area contributed by atoms with Crippen molar-refractivity contribution in [1.82, 2.24) is 15.0 Å². The van der Waals surface area contributed by atoms with E-state index in [1.165, 1.54) is 10.9 Å². The Kier molecular flexibility index (Phi) is 4.88. The zero-order valence-corrected chi connectivity index (χ0v) is 12.4.